The topological polar surface area (TPSA) is 102 Å². The van der Waals surface area contributed by atoms with Gasteiger partial charge in [0.05, 0.1) is 19.8 Å². The number of hydrogen-bond donors (Lipinski definition) is 0. The van der Waals surface area contributed by atoms with E-state index >= 15 is 0 Å². The van der Waals surface area contributed by atoms with E-state index in [0.717, 1.165) is 19.3 Å². The van der Waals surface area contributed by atoms with Gasteiger partial charge in [-0.3, -0.25) is 4.79 Å². The molecule has 150 valence electrons. The van der Waals surface area contributed by atoms with Gasteiger partial charge < -0.3 is 18.8 Å². The molecule has 7 nitrogen and oxygen atoms in total. The van der Waals surface area contributed by atoms with E-state index < -0.39 is 16.1 Å². The van der Waals surface area contributed by atoms with Crippen molar-refractivity contribution < 1.29 is 61.5 Å². The van der Waals surface area contributed by atoms with Crippen molar-refractivity contribution in [2.24, 2.45) is 0 Å². The maximum atomic E-state index is 11.7. The van der Waals surface area contributed by atoms with Crippen molar-refractivity contribution in [3.63, 3.8) is 0 Å². The number of carbonyl (C=O) groups is 1. The summed E-state index contributed by atoms with van der Waals surface area (Å²) in [7, 11) is -4.36. The Labute approximate surface area is 180 Å². The Hall–Kier alpha value is 0.300. The fraction of sp³-hybridized carbons (Fsp3) is 0.941. The van der Waals surface area contributed by atoms with Crippen LogP contribution in [0.5, 0.6) is 0 Å². The van der Waals surface area contributed by atoms with Crippen LogP contribution in [0.25, 0.3) is 0 Å². The van der Waals surface area contributed by atoms with Gasteiger partial charge >= 0.3 is 35.5 Å². The molecule has 0 aliphatic heterocycles. The normalized spacial score (nSPS) is 12.4. The summed E-state index contributed by atoms with van der Waals surface area (Å²) in [6, 6.07) is 0. The molecule has 0 amide bonds. The summed E-state index contributed by atoms with van der Waals surface area (Å²) < 4.78 is 46.0. The largest absolute Gasteiger partial charge is 1.00 e. The Kier molecular flexibility index (Phi) is 20.5. The third kappa shape index (κ3) is 22.3. The first-order valence-corrected chi connectivity index (χ1v) is 10.7. The molecule has 0 aromatic carbocycles. The van der Waals surface area contributed by atoms with Crippen molar-refractivity contribution >= 4 is 16.1 Å². The third-order valence-corrected chi connectivity index (χ3v) is 3.97. The van der Waals surface area contributed by atoms with Crippen molar-refractivity contribution in [3.8, 4) is 0 Å². The van der Waals surface area contributed by atoms with Crippen LogP contribution in [-0.4, -0.2) is 50.8 Å². The van der Waals surface area contributed by atoms with Crippen molar-refractivity contribution in [2.75, 3.05) is 25.8 Å². The molecule has 0 aromatic heterocycles. The monoisotopic (exact) mass is 404 g/mol. The number of ether oxygens (including phenoxy) is 3. The number of unbranched alkanes of at least 4 members (excludes halogenated alkanes) is 7. The summed E-state index contributed by atoms with van der Waals surface area (Å²) in [6.45, 7) is 4.27. The third-order valence-electron chi connectivity index (χ3n) is 3.52. The molecule has 0 fully saturated rings. The quantitative estimate of drug-likeness (QED) is 0.145. The van der Waals surface area contributed by atoms with Crippen molar-refractivity contribution in [1.82, 2.24) is 0 Å². The second-order valence-electron chi connectivity index (χ2n) is 6.18. The molecule has 1 unspecified atom stereocenters. The predicted octanol–water partition coefficient (Wildman–Crippen LogP) is -0.0112. The van der Waals surface area contributed by atoms with E-state index in [1.54, 1.807) is 6.92 Å². The van der Waals surface area contributed by atoms with Crippen LogP contribution in [0.15, 0.2) is 0 Å². The summed E-state index contributed by atoms with van der Waals surface area (Å²) in [5, 5.41) is 0. The van der Waals surface area contributed by atoms with Crippen molar-refractivity contribution in [3.05, 3.63) is 0 Å². The van der Waals surface area contributed by atoms with Crippen molar-refractivity contribution in [1.29, 1.82) is 0 Å². The summed E-state index contributed by atoms with van der Waals surface area (Å²) in [5.74, 6) is -1.09. The molecule has 0 heterocycles. The maximum absolute atomic E-state index is 11.7. The van der Waals surface area contributed by atoms with E-state index in [0.29, 0.717) is 6.42 Å². The van der Waals surface area contributed by atoms with Gasteiger partial charge in [0.25, 0.3) is 0 Å². The minimum absolute atomic E-state index is 0. The van der Waals surface area contributed by atoms with Gasteiger partial charge in [-0.2, -0.15) is 0 Å². The Morgan fingerprint density at radius 3 is 2.08 bits per heavy atom. The Balaban J connectivity index is 0. The molecular formula is C17H33NaO7S. The number of esters is 1. The van der Waals surface area contributed by atoms with Gasteiger partial charge in [0, 0.05) is 6.42 Å². The van der Waals surface area contributed by atoms with E-state index in [-0.39, 0.29) is 61.5 Å². The molecule has 0 bridgehead atoms. The van der Waals surface area contributed by atoms with Crippen LogP contribution in [0.2, 0.25) is 0 Å². The standard InChI is InChI=1S/C17H34O7S.Na/c1-3-4-5-6-7-8-9-10-11-17(18)24-16(2)14-22-12-13-23-15-25(19,20)21;/h16H,3-15H2,1-2H3,(H,19,20,21);/q;+1/p-1. The number of hydrogen-bond acceptors (Lipinski definition) is 7. The molecule has 1 atom stereocenters. The van der Waals surface area contributed by atoms with Crippen molar-refractivity contribution in [2.45, 2.75) is 77.7 Å². The van der Waals surface area contributed by atoms with Crippen LogP contribution in [-0.2, 0) is 29.1 Å². The van der Waals surface area contributed by atoms with Gasteiger partial charge in [0.2, 0.25) is 0 Å². The van der Waals surface area contributed by atoms with Gasteiger partial charge in [0.1, 0.15) is 22.2 Å². The zero-order valence-corrected chi connectivity index (χ0v) is 19.4. The molecule has 0 N–H and O–H groups in total. The molecule has 0 aliphatic carbocycles. The first kappa shape index (κ1) is 28.5. The minimum atomic E-state index is -4.36. The Bertz CT molecular complexity index is 429. The SMILES string of the molecule is CCCCCCCCCCC(=O)OC(C)COCCOCS(=O)(=O)[O-].[Na+]. The fourth-order valence-corrected chi connectivity index (χ4v) is 2.57. The number of rotatable bonds is 17. The molecule has 0 radical (unpaired) electrons. The zero-order valence-electron chi connectivity index (χ0n) is 16.5. The van der Waals surface area contributed by atoms with Gasteiger partial charge in [0.15, 0.2) is 0 Å². The molecule has 26 heavy (non-hydrogen) atoms. The van der Waals surface area contributed by atoms with Crippen LogP contribution in [0.1, 0.15) is 71.6 Å². The van der Waals surface area contributed by atoms with Gasteiger partial charge in [-0.1, -0.05) is 51.9 Å². The molecule has 0 rings (SSSR count). The molecular weight excluding hydrogens is 371 g/mol. The summed E-state index contributed by atoms with van der Waals surface area (Å²) in [4.78, 5) is 11.7. The van der Waals surface area contributed by atoms with Gasteiger partial charge in [-0.05, 0) is 13.3 Å². The Morgan fingerprint density at radius 2 is 1.50 bits per heavy atom. The van der Waals surface area contributed by atoms with E-state index in [4.69, 9.17) is 9.47 Å². The molecule has 0 aliphatic rings. The van der Waals surface area contributed by atoms with E-state index in [1.807, 2.05) is 0 Å². The predicted molar refractivity (Wildman–Crippen MR) is 94.1 cm³/mol. The van der Waals surface area contributed by atoms with Gasteiger partial charge in [-0.25, -0.2) is 8.42 Å². The maximum Gasteiger partial charge on any atom is 1.00 e. The second kappa shape index (κ2) is 18.7. The fourth-order valence-electron chi connectivity index (χ4n) is 2.25. The molecule has 0 saturated heterocycles. The first-order chi connectivity index (χ1) is 11.8. The van der Waals surface area contributed by atoms with E-state index in [1.165, 1.54) is 32.1 Å². The van der Waals surface area contributed by atoms with Gasteiger partial charge in [-0.15, -0.1) is 0 Å². The van der Waals surface area contributed by atoms with E-state index in [2.05, 4.69) is 11.7 Å². The average molecular weight is 405 g/mol. The zero-order chi connectivity index (χ0) is 19.0. The summed E-state index contributed by atoms with van der Waals surface area (Å²) in [6.07, 6.45) is 9.46. The van der Waals surface area contributed by atoms with E-state index in [9.17, 15) is 17.8 Å². The Morgan fingerprint density at radius 1 is 0.962 bits per heavy atom. The summed E-state index contributed by atoms with van der Waals surface area (Å²) >= 11 is 0. The number of carbonyl (C=O) groups excluding carboxylic acids is 1. The first-order valence-electron chi connectivity index (χ1n) is 9.13. The molecule has 0 spiro atoms. The molecule has 9 heteroatoms. The van der Waals surface area contributed by atoms with Crippen LogP contribution in [0.3, 0.4) is 0 Å². The minimum Gasteiger partial charge on any atom is -0.746 e. The second-order valence-corrected chi connectivity index (χ2v) is 7.54. The average Bonchev–Trinajstić information content (AvgIpc) is 2.52. The smallest absolute Gasteiger partial charge is 0.746 e. The van der Waals surface area contributed by atoms with Crippen LogP contribution < -0.4 is 29.6 Å². The van der Waals surface area contributed by atoms with Crippen LogP contribution >= 0.6 is 0 Å². The molecule has 0 saturated carbocycles. The summed E-state index contributed by atoms with van der Waals surface area (Å²) in [5.41, 5.74) is 0. The molecule has 0 aromatic rings. The van der Waals surface area contributed by atoms with Crippen LogP contribution in [0, 0.1) is 0 Å². The van der Waals surface area contributed by atoms with Crippen LogP contribution in [0.4, 0.5) is 0 Å².